The molecular formula is C18H22FN3O2S. The molecule has 0 radical (unpaired) electrons. The molecule has 1 saturated heterocycles. The van der Waals surface area contributed by atoms with Crippen molar-refractivity contribution in [3.8, 4) is 0 Å². The maximum Gasteiger partial charge on any atom is 0.237 e. The lowest BCUT2D eigenvalue weighted by molar-refractivity contribution is -0.125. The fraction of sp³-hybridized carbons (Fsp3) is 0.500. The molecule has 1 fully saturated rings. The van der Waals surface area contributed by atoms with Crippen molar-refractivity contribution in [1.29, 1.82) is 0 Å². The first-order chi connectivity index (χ1) is 11.8. The van der Waals surface area contributed by atoms with Gasteiger partial charge in [0.05, 0.1) is 5.41 Å². The van der Waals surface area contributed by atoms with Crippen molar-refractivity contribution in [2.75, 3.05) is 18.5 Å². The van der Waals surface area contributed by atoms with Crippen LogP contribution in [0.5, 0.6) is 0 Å². The fourth-order valence-electron chi connectivity index (χ4n) is 2.93. The molecule has 1 aliphatic rings. The van der Waals surface area contributed by atoms with Gasteiger partial charge in [-0.1, -0.05) is 44.2 Å². The number of nitrogens with one attached hydrogen (secondary N) is 1. The summed E-state index contributed by atoms with van der Waals surface area (Å²) >= 11 is 1.38. The number of amides is 1. The van der Waals surface area contributed by atoms with Crippen LogP contribution in [0.15, 0.2) is 24.3 Å². The number of anilines is 1. The fourth-order valence-corrected chi connectivity index (χ4v) is 3.73. The molecule has 0 aliphatic carbocycles. The Labute approximate surface area is 150 Å². The molecule has 0 spiro atoms. The molecule has 0 atom stereocenters. The zero-order valence-corrected chi connectivity index (χ0v) is 15.5. The Hall–Kier alpha value is -1.86. The molecule has 2 heterocycles. The lowest BCUT2D eigenvalue weighted by Crippen LogP contribution is -2.44. The lowest BCUT2D eigenvalue weighted by atomic mass is 9.73. The van der Waals surface area contributed by atoms with Gasteiger partial charge in [-0.2, -0.15) is 0 Å². The molecule has 1 aliphatic heterocycles. The van der Waals surface area contributed by atoms with Gasteiger partial charge < -0.3 is 4.74 Å². The van der Waals surface area contributed by atoms with Crippen LogP contribution in [0.3, 0.4) is 0 Å². The van der Waals surface area contributed by atoms with Crippen molar-refractivity contribution in [1.82, 2.24) is 10.2 Å². The molecule has 1 amide bonds. The Morgan fingerprint density at radius 3 is 2.40 bits per heavy atom. The average Bonchev–Trinajstić information content (AvgIpc) is 3.05. The molecule has 1 N–H and O–H groups in total. The number of halogens is 1. The van der Waals surface area contributed by atoms with Gasteiger partial charge in [0.25, 0.3) is 0 Å². The minimum absolute atomic E-state index is 0.117. The smallest absolute Gasteiger partial charge is 0.237 e. The highest BCUT2D eigenvalue weighted by Crippen LogP contribution is 2.37. The molecule has 2 aromatic rings. The topological polar surface area (TPSA) is 64.1 Å². The van der Waals surface area contributed by atoms with Gasteiger partial charge in [-0.3, -0.25) is 10.1 Å². The molecule has 3 rings (SSSR count). The normalized spacial score (nSPS) is 17.3. The monoisotopic (exact) mass is 363 g/mol. The second-order valence-electron chi connectivity index (χ2n) is 7.32. The maximum atomic E-state index is 13.3. The lowest BCUT2D eigenvalue weighted by Gasteiger charge is -2.35. The summed E-state index contributed by atoms with van der Waals surface area (Å²) in [5.74, 6) is -0.454. The third-order valence-corrected chi connectivity index (χ3v) is 5.73. The van der Waals surface area contributed by atoms with Gasteiger partial charge in [0.2, 0.25) is 11.0 Å². The van der Waals surface area contributed by atoms with Gasteiger partial charge >= 0.3 is 0 Å². The van der Waals surface area contributed by atoms with Crippen molar-refractivity contribution >= 4 is 22.4 Å². The van der Waals surface area contributed by atoms with E-state index in [4.69, 9.17) is 4.74 Å². The standard InChI is InChI=1S/C18H22FN3O2S/c1-17(2,3)15-21-22-16(25-15)20-14(23)18(8-10-24-11-9-18)12-4-6-13(19)7-5-12/h4-7H,8-11H2,1-3H3,(H,20,22,23). The van der Waals surface area contributed by atoms with Gasteiger partial charge in [0.15, 0.2) is 0 Å². The summed E-state index contributed by atoms with van der Waals surface area (Å²) in [4.78, 5) is 13.1. The highest BCUT2D eigenvalue weighted by Gasteiger charge is 2.42. The van der Waals surface area contributed by atoms with E-state index in [0.29, 0.717) is 31.2 Å². The van der Waals surface area contributed by atoms with Crippen LogP contribution in [0.4, 0.5) is 9.52 Å². The van der Waals surface area contributed by atoms with Crippen LogP contribution in [-0.2, 0) is 20.4 Å². The van der Waals surface area contributed by atoms with E-state index in [-0.39, 0.29) is 17.1 Å². The SMILES string of the molecule is CC(C)(C)c1nnc(NC(=O)C2(c3ccc(F)cc3)CCOCC2)s1. The van der Waals surface area contributed by atoms with E-state index < -0.39 is 5.41 Å². The van der Waals surface area contributed by atoms with Crippen LogP contribution >= 0.6 is 11.3 Å². The highest BCUT2D eigenvalue weighted by atomic mass is 32.1. The number of aromatic nitrogens is 2. The van der Waals surface area contributed by atoms with E-state index in [1.54, 1.807) is 12.1 Å². The van der Waals surface area contributed by atoms with Gasteiger partial charge in [-0.05, 0) is 30.5 Å². The zero-order chi connectivity index (χ0) is 18.1. The largest absolute Gasteiger partial charge is 0.381 e. The number of carbonyl (C=O) groups excluding carboxylic acids is 1. The highest BCUT2D eigenvalue weighted by molar-refractivity contribution is 7.15. The Bertz CT molecular complexity index is 746. The quantitative estimate of drug-likeness (QED) is 0.904. The predicted octanol–water partition coefficient (Wildman–Crippen LogP) is 3.66. The second-order valence-corrected chi connectivity index (χ2v) is 8.30. The van der Waals surface area contributed by atoms with Crippen molar-refractivity contribution < 1.29 is 13.9 Å². The predicted molar refractivity (Wildman–Crippen MR) is 95.4 cm³/mol. The van der Waals surface area contributed by atoms with Gasteiger partial charge in [0, 0.05) is 18.6 Å². The van der Waals surface area contributed by atoms with E-state index in [1.165, 1.54) is 23.5 Å². The molecule has 0 saturated carbocycles. The summed E-state index contributed by atoms with van der Waals surface area (Å²) in [6.45, 7) is 7.15. The van der Waals surface area contributed by atoms with E-state index in [9.17, 15) is 9.18 Å². The van der Waals surface area contributed by atoms with Crippen LogP contribution in [0.2, 0.25) is 0 Å². The molecular weight excluding hydrogens is 341 g/mol. The van der Waals surface area contributed by atoms with Crippen LogP contribution in [0.1, 0.15) is 44.2 Å². The Morgan fingerprint density at radius 1 is 1.20 bits per heavy atom. The summed E-state index contributed by atoms with van der Waals surface area (Å²) < 4.78 is 18.7. The number of hydrogen-bond donors (Lipinski definition) is 1. The second kappa shape index (κ2) is 6.80. The van der Waals surface area contributed by atoms with Gasteiger partial charge in [0.1, 0.15) is 10.8 Å². The number of carbonyl (C=O) groups is 1. The van der Waals surface area contributed by atoms with E-state index in [0.717, 1.165) is 10.6 Å². The third-order valence-electron chi connectivity index (χ3n) is 4.46. The first-order valence-corrected chi connectivity index (χ1v) is 9.12. The van der Waals surface area contributed by atoms with Crippen LogP contribution in [0.25, 0.3) is 0 Å². The Morgan fingerprint density at radius 2 is 1.84 bits per heavy atom. The average molecular weight is 363 g/mol. The van der Waals surface area contributed by atoms with E-state index >= 15 is 0 Å². The van der Waals surface area contributed by atoms with Crippen molar-refractivity contribution in [2.24, 2.45) is 0 Å². The number of ether oxygens (including phenoxy) is 1. The Kier molecular flexibility index (Phi) is 4.88. The summed E-state index contributed by atoms with van der Waals surface area (Å²) in [6.07, 6.45) is 1.10. The zero-order valence-electron chi connectivity index (χ0n) is 14.6. The molecule has 0 unspecified atom stereocenters. The van der Waals surface area contributed by atoms with Gasteiger partial charge in [-0.15, -0.1) is 10.2 Å². The number of rotatable bonds is 3. The molecule has 1 aromatic carbocycles. The van der Waals surface area contributed by atoms with Crippen molar-refractivity contribution in [3.05, 3.63) is 40.7 Å². The minimum atomic E-state index is -0.737. The molecule has 7 heteroatoms. The molecule has 0 bridgehead atoms. The van der Waals surface area contributed by atoms with Gasteiger partial charge in [-0.25, -0.2) is 4.39 Å². The first-order valence-electron chi connectivity index (χ1n) is 8.30. The first kappa shape index (κ1) is 17.9. The minimum Gasteiger partial charge on any atom is -0.381 e. The number of nitrogens with zero attached hydrogens (tertiary/aromatic N) is 2. The summed E-state index contributed by atoms with van der Waals surface area (Å²) in [5, 5.41) is 12.5. The van der Waals surface area contributed by atoms with Crippen LogP contribution in [0, 0.1) is 5.82 Å². The Balaban J connectivity index is 1.87. The van der Waals surface area contributed by atoms with E-state index in [1.807, 2.05) is 0 Å². The van der Waals surface area contributed by atoms with Crippen molar-refractivity contribution in [2.45, 2.75) is 44.4 Å². The summed E-state index contributed by atoms with van der Waals surface area (Å²) in [7, 11) is 0. The van der Waals surface area contributed by atoms with E-state index in [2.05, 4.69) is 36.3 Å². The molecule has 134 valence electrons. The molecule has 25 heavy (non-hydrogen) atoms. The van der Waals surface area contributed by atoms with Crippen molar-refractivity contribution in [3.63, 3.8) is 0 Å². The third kappa shape index (κ3) is 3.72. The van der Waals surface area contributed by atoms with Crippen LogP contribution < -0.4 is 5.32 Å². The molecule has 5 nitrogen and oxygen atoms in total. The van der Waals surface area contributed by atoms with Crippen LogP contribution in [-0.4, -0.2) is 29.3 Å². The number of benzene rings is 1. The molecule has 1 aromatic heterocycles. The number of hydrogen-bond acceptors (Lipinski definition) is 5. The maximum absolute atomic E-state index is 13.3. The summed E-state index contributed by atoms with van der Waals surface area (Å²) in [6, 6.07) is 6.15. The summed E-state index contributed by atoms with van der Waals surface area (Å²) in [5.41, 5.74) is -0.0525.